The topological polar surface area (TPSA) is 81.1 Å². The second-order valence-corrected chi connectivity index (χ2v) is 16.2. The number of nitrogens with two attached hydrogens (primary N) is 2. The minimum atomic E-state index is 0.251. The maximum atomic E-state index is 6.99. The van der Waals surface area contributed by atoms with Gasteiger partial charge in [-0.25, -0.2) is 0 Å². The molecule has 49 heavy (non-hydrogen) atoms. The largest absolute Gasteiger partial charge is 0.396 e. The van der Waals surface area contributed by atoms with E-state index < -0.39 is 0 Å². The van der Waals surface area contributed by atoms with Crippen LogP contribution in [-0.2, 0) is 12.8 Å². The fraction of sp³-hybridized carbons (Fsp3) is 0.171. The van der Waals surface area contributed by atoms with Crippen LogP contribution in [0.4, 0.5) is 17.1 Å². The van der Waals surface area contributed by atoms with Gasteiger partial charge in [-0.05, 0) is 71.2 Å². The van der Waals surface area contributed by atoms with Crippen LogP contribution >= 0.6 is 34.8 Å². The van der Waals surface area contributed by atoms with Crippen molar-refractivity contribution < 1.29 is 0 Å². The smallest absolute Gasteiger partial charge is 0.116 e. The van der Waals surface area contributed by atoms with Gasteiger partial charge in [-0.1, -0.05) is 97.1 Å². The Labute approximate surface area is 298 Å². The summed E-state index contributed by atoms with van der Waals surface area (Å²) in [4.78, 5) is 6.16. The lowest BCUT2D eigenvalue weighted by molar-refractivity contribution is 0.655. The summed E-state index contributed by atoms with van der Waals surface area (Å²) < 4.78 is 9.66. The van der Waals surface area contributed by atoms with Crippen molar-refractivity contribution >= 4 is 67.8 Å². The highest BCUT2D eigenvalue weighted by molar-refractivity contribution is 8.09. The van der Waals surface area contributed by atoms with Crippen molar-refractivity contribution in [1.82, 2.24) is 8.75 Å². The zero-order chi connectivity index (χ0) is 32.6. The van der Waals surface area contributed by atoms with Crippen LogP contribution in [-0.4, -0.2) is 20.2 Å². The first-order chi connectivity index (χ1) is 24.1. The molecule has 4 N–H and O–H groups in total. The van der Waals surface area contributed by atoms with Crippen molar-refractivity contribution in [3.63, 3.8) is 0 Å². The molecule has 10 rings (SSSR count). The normalized spacial score (nSPS) is 21.8. The van der Waals surface area contributed by atoms with E-state index in [2.05, 4.69) is 120 Å². The van der Waals surface area contributed by atoms with Crippen LogP contribution in [0.15, 0.2) is 115 Å². The average Bonchev–Trinajstić information content (AvgIpc) is 3.96. The van der Waals surface area contributed by atoms with Crippen molar-refractivity contribution in [2.45, 2.75) is 42.5 Å². The number of hydrogen-bond donors (Lipinski definition) is 2. The lowest BCUT2D eigenvalue weighted by atomic mass is 9.77. The van der Waals surface area contributed by atoms with Gasteiger partial charge in [-0.15, -0.1) is 23.1 Å². The zero-order valence-corrected chi connectivity index (χ0v) is 29.1. The molecule has 2 aliphatic carbocycles. The molecule has 0 bridgehead atoms. The Hall–Kier alpha value is -4.63. The molecular weight excluding hydrogens is 659 g/mol. The minimum Gasteiger partial charge on any atom is -0.396 e. The van der Waals surface area contributed by atoms with E-state index in [9.17, 15) is 0 Å². The average molecular weight is 692 g/mol. The maximum absolute atomic E-state index is 6.99. The first kappa shape index (κ1) is 29.3. The van der Waals surface area contributed by atoms with Gasteiger partial charge in [0.1, 0.15) is 11.0 Å². The Balaban J connectivity index is 0.960. The number of para-hydroxylation sites is 1. The molecule has 2 aromatic heterocycles. The number of aromatic nitrogens is 2. The highest BCUT2D eigenvalue weighted by Gasteiger charge is 2.41. The predicted octanol–water partition coefficient (Wildman–Crippen LogP) is 10.0. The van der Waals surface area contributed by atoms with E-state index in [1.165, 1.54) is 50.1 Å². The summed E-state index contributed by atoms with van der Waals surface area (Å²) in [7, 11) is 0. The molecule has 0 amide bonds. The van der Waals surface area contributed by atoms with Crippen molar-refractivity contribution in [3.8, 4) is 21.6 Å². The lowest BCUT2D eigenvalue weighted by Gasteiger charge is -2.33. The minimum absolute atomic E-state index is 0.251. The van der Waals surface area contributed by atoms with Crippen molar-refractivity contribution in [1.29, 1.82) is 0 Å². The molecule has 0 spiro atoms. The Morgan fingerprint density at radius 3 is 2.39 bits per heavy atom. The Kier molecular flexibility index (Phi) is 6.86. The molecule has 8 heteroatoms. The fourth-order valence-corrected chi connectivity index (χ4v) is 11.5. The fourth-order valence-electron chi connectivity index (χ4n) is 8.46. The van der Waals surface area contributed by atoms with Crippen LogP contribution in [0.1, 0.15) is 45.4 Å². The van der Waals surface area contributed by atoms with E-state index in [1.54, 1.807) is 11.3 Å². The molecule has 5 nitrogen and oxygen atoms in total. The van der Waals surface area contributed by atoms with Gasteiger partial charge < -0.3 is 16.4 Å². The Morgan fingerprint density at radius 1 is 0.755 bits per heavy atom. The molecule has 0 fully saturated rings. The number of fused-ring (bicyclic) bond motifs is 7. The summed E-state index contributed by atoms with van der Waals surface area (Å²) in [6.07, 6.45) is 14.3. The second-order valence-electron chi connectivity index (χ2n) is 13.3. The molecule has 6 aromatic rings. The first-order valence-corrected chi connectivity index (χ1v) is 19.3. The molecule has 240 valence electrons. The molecule has 0 radical (unpaired) electrons. The van der Waals surface area contributed by atoms with E-state index >= 15 is 0 Å². The predicted molar refractivity (Wildman–Crippen MR) is 209 cm³/mol. The molecule has 0 saturated carbocycles. The van der Waals surface area contributed by atoms with Crippen molar-refractivity contribution in [2.75, 3.05) is 16.4 Å². The molecule has 4 aliphatic rings. The summed E-state index contributed by atoms with van der Waals surface area (Å²) in [5.74, 6) is 0.792. The number of nitrogen functional groups attached to an aromatic ring is 2. The van der Waals surface area contributed by atoms with Gasteiger partial charge in [-0.2, -0.15) is 8.75 Å². The van der Waals surface area contributed by atoms with Gasteiger partial charge in [0.25, 0.3) is 0 Å². The summed E-state index contributed by atoms with van der Waals surface area (Å²) >= 11 is 4.90. The molecule has 0 saturated heterocycles. The summed E-state index contributed by atoms with van der Waals surface area (Å²) in [6.45, 7) is 0. The van der Waals surface area contributed by atoms with Gasteiger partial charge in [0.15, 0.2) is 0 Å². The molecule has 2 aliphatic heterocycles. The van der Waals surface area contributed by atoms with Crippen LogP contribution in [0.5, 0.6) is 0 Å². The highest BCUT2D eigenvalue weighted by Crippen LogP contribution is 2.54. The lowest BCUT2D eigenvalue weighted by Crippen LogP contribution is -2.38. The van der Waals surface area contributed by atoms with Gasteiger partial charge >= 0.3 is 0 Å². The SMILES string of the molecule is Nc1c(N)c(-c2ccc(CC3Cc4ccccc4-c4ccccc43)s2)c2nsnc2c1C1=CCC(N2c3ccccc3C3C=CC=CC32)S1. The second kappa shape index (κ2) is 11.5. The number of allylic oxidation sites excluding steroid dienone is 2. The van der Waals surface area contributed by atoms with Crippen molar-refractivity contribution in [2.24, 2.45) is 0 Å². The van der Waals surface area contributed by atoms with E-state index in [-0.39, 0.29) is 5.37 Å². The van der Waals surface area contributed by atoms with Crippen LogP contribution < -0.4 is 16.4 Å². The number of benzene rings is 4. The standard InChI is InChI=1S/C41H33N5S3/c42-38-36(33-18-17-25(47-33)22-24-21-23-9-1-2-10-26(23)28-12-4-3-11-27(24)28)40-41(45-49-44-40)37(39(38)43)34-19-20-35(48-34)46-31-15-7-5-13-29(31)30-14-6-8-16-32(30)46/h1-19,24,29,31,35H,20-22,42-43H2. The first-order valence-electron chi connectivity index (χ1n) is 16.8. The van der Waals surface area contributed by atoms with E-state index in [1.807, 2.05) is 11.8 Å². The highest BCUT2D eigenvalue weighted by atomic mass is 32.2. The maximum Gasteiger partial charge on any atom is 0.116 e. The van der Waals surface area contributed by atoms with Gasteiger partial charge in [-0.3, -0.25) is 0 Å². The van der Waals surface area contributed by atoms with Crippen LogP contribution in [0.25, 0.3) is 37.5 Å². The summed E-state index contributed by atoms with van der Waals surface area (Å²) in [5.41, 5.74) is 27.0. The molecular formula is C41H33N5S3. The van der Waals surface area contributed by atoms with Crippen LogP contribution in [0, 0.1) is 0 Å². The number of hydrogen-bond acceptors (Lipinski definition) is 8. The molecule has 4 atom stereocenters. The third-order valence-electron chi connectivity index (χ3n) is 10.6. The number of anilines is 3. The molecule has 4 aromatic carbocycles. The molecule has 4 unspecified atom stereocenters. The van der Waals surface area contributed by atoms with Crippen LogP contribution in [0.2, 0.25) is 0 Å². The number of rotatable bonds is 5. The number of nitrogens with zero attached hydrogens (tertiary/aromatic N) is 3. The summed E-state index contributed by atoms with van der Waals surface area (Å²) in [5, 5.41) is 0.251. The number of thioether (sulfide) groups is 1. The van der Waals surface area contributed by atoms with E-state index in [4.69, 9.17) is 20.2 Å². The van der Waals surface area contributed by atoms with Crippen LogP contribution in [0.3, 0.4) is 0 Å². The third kappa shape index (κ3) is 4.58. The molecule has 4 heterocycles. The summed E-state index contributed by atoms with van der Waals surface area (Å²) in [6, 6.07) is 31.3. The number of thiophene rings is 1. The van der Waals surface area contributed by atoms with Crippen molar-refractivity contribution in [3.05, 3.63) is 142 Å². The van der Waals surface area contributed by atoms with E-state index in [0.29, 0.717) is 29.3 Å². The van der Waals surface area contributed by atoms with E-state index in [0.717, 1.165) is 51.2 Å². The van der Waals surface area contributed by atoms with Gasteiger partial charge in [0.05, 0.1) is 34.5 Å². The van der Waals surface area contributed by atoms with Gasteiger partial charge in [0, 0.05) is 37.4 Å². The van der Waals surface area contributed by atoms with Gasteiger partial charge in [0.2, 0.25) is 0 Å². The Morgan fingerprint density at radius 2 is 1.49 bits per heavy atom. The quantitative estimate of drug-likeness (QED) is 0.175. The Bertz CT molecular complexity index is 2380. The third-order valence-corrected chi connectivity index (χ3v) is 13.6. The monoisotopic (exact) mass is 691 g/mol. The zero-order valence-electron chi connectivity index (χ0n) is 26.6.